The summed E-state index contributed by atoms with van der Waals surface area (Å²) in [6.45, 7) is 6.33. The molecule has 2 saturated heterocycles. The lowest BCUT2D eigenvalue weighted by atomic mass is 10.2. The second-order valence-electron chi connectivity index (χ2n) is 7.14. The highest BCUT2D eigenvalue weighted by Crippen LogP contribution is 2.25. The first-order valence-corrected chi connectivity index (χ1v) is 10.2. The van der Waals surface area contributed by atoms with Crippen LogP contribution in [0.5, 0.6) is 0 Å². The van der Waals surface area contributed by atoms with Crippen molar-refractivity contribution in [2.24, 2.45) is 4.99 Å². The van der Waals surface area contributed by atoms with Gasteiger partial charge in [-0.2, -0.15) is 0 Å². The Kier molecular flexibility index (Phi) is 9.92. The van der Waals surface area contributed by atoms with Crippen LogP contribution >= 0.6 is 35.6 Å². The number of hydrogen-bond acceptors (Lipinski definition) is 4. The number of pyridine rings is 1. The highest BCUT2D eigenvalue weighted by atomic mass is 127. The van der Waals surface area contributed by atoms with E-state index in [1.165, 1.54) is 38.8 Å². The molecule has 1 unspecified atom stereocenters. The lowest BCUT2D eigenvalue weighted by Gasteiger charge is -2.22. The molecule has 2 fully saturated rings. The van der Waals surface area contributed by atoms with Crippen LogP contribution in [0, 0.1) is 0 Å². The zero-order chi connectivity index (χ0) is 18.2. The Morgan fingerprint density at radius 3 is 2.74 bits per heavy atom. The molecule has 8 heteroatoms. The fraction of sp³-hybridized carbons (Fsp3) is 0.684. The minimum Gasteiger partial charge on any atom is -0.355 e. The van der Waals surface area contributed by atoms with Crippen molar-refractivity contribution in [1.29, 1.82) is 0 Å². The van der Waals surface area contributed by atoms with Gasteiger partial charge >= 0.3 is 0 Å². The summed E-state index contributed by atoms with van der Waals surface area (Å²) < 4.78 is 0. The molecule has 3 heterocycles. The zero-order valence-corrected chi connectivity index (χ0v) is 19.2. The number of nitrogens with zero attached hydrogens (tertiary/aromatic N) is 4. The molecule has 0 spiro atoms. The highest BCUT2D eigenvalue weighted by Gasteiger charge is 2.25. The van der Waals surface area contributed by atoms with Gasteiger partial charge in [0.25, 0.3) is 0 Å². The van der Waals surface area contributed by atoms with Crippen molar-refractivity contribution in [1.82, 2.24) is 20.5 Å². The number of aromatic nitrogens is 1. The van der Waals surface area contributed by atoms with Crippen LogP contribution in [0.4, 0.5) is 5.82 Å². The van der Waals surface area contributed by atoms with Crippen LogP contribution in [0.25, 0.3) is 0 Å². The third-order valence-electron chi connectivity index (χ3n) is 5.21. The molecule has 0 saturated carbocycles. The Morgan fingerprint density at radius 1 is 1.26 bits per heavy atom. The van der Waals surface area contributed by atoms with Gasteiger partial charge in [0.2, 0.25) is 0 Å². The van der Waals surface area contributed by atoms with Gasteiger partial charge in [-0.1, -0.05) is 24.4 Å². The smallest absolute Gasteiger partial charge is 0.191 e. The van der Waals surface area contributed by atoms with Crippen LogP contribution in [0.1, 0.15) is 32.1 Å². The SMILES string of the molecule is CN=C(NCCN1CCCCCC1)NC1CCN(c2ncccc2Cl)C1.I. The van der Waals surface area contributed by atoms with Gasteiger partial charge in [-0.3, -0.25) is 4.99 Å². The number of hydrogen-bond donors (Lipinski definition) is 2. The molecular formula is C19H32ClIN6. The summed E-state index contributed by atoms with van der Waals surface area (Å²) >= 11 is 6.27. The predicted molar refractivity (Wildman–Crippen MR) is 125 cm³/mol. The second-order valence-corrected chi connectivity index (χ2v) is 7.55. The van der Waals surface area contributed by atoms with E-state index in [1.54, 1.807) is 6.20 Å². The summed E-state index contributed by atoms with van der Waals surface area (Å²) in [6.07, 6.45) is 8.28. The number of aliphatic imine (C=N–C) groups is 1. The maximum atomic E-state index is 6.27. The Bertz CT molecular complexity index is 591. The summed E-state index contributed by atoms with van der Waals surface area (Å²) in [5.41, 5.74) is 0. The zero-order valence-electron chi connectivity index (χ0n) is 16.2. The summed E-state index contributed by atoms with van der Waals surface area (Å²) in [7, 11) is 1.84. The molecule has 1 atom stereocenters. The molecule has 2 aliphatic rings. The molecular weight excluding hydrogens is 475 g/mol. The van der Waals surface area contributed by atoms with Gasteiger partial charge in [0.1, 0.15) is 5.82 Å². The van der Waals surface area contributed by atoms with Crippen LogP contribution in [0.15, 0.2) is 23.3 Å². The normalized spacial score (nSPS) is 21.5. The van der Waals surface area contributed by atoms with Crippen LogP contribution in [0.2, 0.25) is 5.02 Å². The van der Waals surface area contributed by atoms with Crippen molar-refractivity contribution in [2.45, 2.75) is 38.1 Å². The van der Waals surface area contributed by atoms with E-state index in [2.05, 4.69) is 30.4 Å². The van der Waals surface area contributed by atoms with Crippen molar-refractivity contribution < 1.29 is 0 Å². The summed E-state index contributed by atoms with van der Waals surface area (Å²) in [5.74, 6) is 1.77. The number of anilines is 1. The molecule has 2 aliphatic heterocycles. The van der Waals surface area contributed by atoms with Gasteiger partial charge in [0, 0.05) is 45.5 Å². The third-order valence-corrected chi connectivity index (χ3v) is 5.51. The Hall–Kier alpha value is -0.800. The number of halogens is 2. The minimum atomic E-state index is 0. The standard InChI is InChI=1S/C19H31ClN6.HI/c1-21-19(23-10-14-25-11-4-2-3-5-12-25)24-16-8-13-26(15-16)18-17(20)7-6-9-22-18;/h6-7,9,16H,2-5,8,10-15H2,1H3,(H2,21,23,24);1H. The van der Waals surface area contributed by atoms with E-state index in [4.69, 9.17) is 11.6 Å². The Balaban J connectivity index is 0.00000261. The van der Waals surface area contributed by atoms with Crippen molar-refractivity contribution in [2.75, 3.05) is 51.2 Å². The van der Waals surface area contributed by atoms with Crippen LogP contribution in [0.3, 0.4) is 0 Å². The van der Waals surface area contributed by atoms with Crippen molar-refractivity contribution in [3.63, 3.8) is 0 Å². The van der Waals surface area contributed by atoms with E-state index in [0.717, 1.165) is 44.4 Å². The quantitative estimate of drug-likeness (QED) is 0.365. The Morgan fingerprint density at radius 2 is 2.04 bits per heavy atom. The molecule has 1 aromatic rings. The molecule has 152 valence electrons. The fourth-order valence-corrected chi connectivity index (χ4v) is 4.00. The number of guanidine groups is 1. The summed E-state index contributed by atoms with van der Waals surface area (Å²) in [5, 5.41) is 7.73. The van der Waals surface area contributed by atoms with Gasteiger partial charge < -0.3 is 20.4 Å². The maximum absolute atomic E-state index is 6.27. The first-order chi connectivity index (χ1) is 12.8. The highest BCUT2D eigenvalue weighted by molar-refractivity contribution is 14.0. The monoisotopic (exact) mass is 506 g/mol. The van der Waals surface area contributed by atoms with Gasteiger partial charge in [-0.05, 0) is 44.5 Å². The Labute approximate surface area is 185 Å². The first-order valence-electron chi connectivity index (χ1n) is 9.81. The van der Waals surface area contributed by atoms with Crippen LogP contribution in [-0.2, 0) is 0 Å². The number of nitrogens with one attached hydrogen (secondary N) is 2. The van der Waals surface area contributed by atoms with E-state index >= 15 is 0 Å². The van der Waals surface area contributed by atoms with Crippen LogP contribution < -0.4 is 15.5 Å². The number of rotatable bonds is 5. The molecule has 2 N–H and O–H groups in total. The molecule has 3 rings (SSSR count). The average molecular weight is 507 g/mol. The topological polar surface area (TPSA) is 55.8 Å². The summed E-state index contributed by atoms with van der Waals surface area (Å²) in [4.78, 5) is 13.6. The fourth-order valence-electron chi connectivity index (χ4n) is 3.76. The molecule has 1 aromatic heterocycles. The van der Waals surface area contributed by atoms with Gasteiger partial charge in [-0.15, -0.1) is 24.0 Å². The molecule has 0 bridgehead atoms. The number of likely N-dealkylation sites (tertiary alicyclic amines) is 1. The second kappa shape index (κ2) is 11.9. The average Bonchev–Trinajstić information content (AvgIpc) is 2.95. The largest absolute Gasteiger partial charge is 0.355 e. The minimum absolute atomic E-state index is 0. The van der Waals surface area contributed by atoms with Crippen molar-refractivity contribution in [3.05, 3.63) is 23.4 Å². The van der Waals surface area contributed by atoms with Gasteiger partial charge in [0.05, 0.1) is 5.02 Å². The lowest BCUT2D eigenvalue weighted by molar-refractivity contribution is 0.289. The van der Waals surface area contributed by atoms with E-state index < -0.39 is 0 Å². The molecule has 6 nitrogen and oxygen atoms in total. The maximum Gasteiger partial charge on any atom is 0.191 e. The van der Waals surface area contributed by atoms with Crippen molar-refractivity contribution >= 4 is 47.4 Å². The molecule has 0 aliphatic carbocycles. The van der Waals surface area contributed by atoms with Gasteiger partial charge in [0.15, 0.2) is 5.96 Å². The van der Waals surface area contributed by atoms with E-state index in [-0.39, 0.29) is 24.0 Å². The van der Waals surface area contributed by atoms with E-state index in [0.29, 0.717) is 11.1 Å². The van der Waals surface area contributed by atoms with E-state index in [1.807, 2.05) is 19.2 Å². The molecule has 0 aromatic carbocycles. The molecule has 0 amide bonds. The molecule has 27 heavy (non-hydrogen) atoms. The van der Waals surface area contributed by atoms with Gasteiger partial charge in [-0.25, -0.2) is 4.98 Å². The van der Waals surface area contributed by atoms with E-state index in [9.17, 15) is 0 Å². The summed E-state index contributed by atoms with van der Waals surface area (Å²) in [6, 6.07) is 4.12. The molecule has 0 radical (unpaired) electrons. The van der Waals surface area contributed by atoms with Crippen LogP contribution in [-0.4, -0.2) is 68.2 Å². The lowest BCUT2D eigenvalue weighted by Crippen LogP contribution is -2.46. The predicted octanol–water partition coefficient (Wildman–Crippen LogP) is 2.97. The van der Waals surface area contributed by atoms with Crippen molar-refractivity contribution in [3.8, 4) is 0 Å². The third kappa shape index (κ3) is 6.94. The first kappa shape index (κ1) is 22.5.